The first-order chi connectivity index (χ1) is 16.9. The second-order valence-corrected chi connectivity index (χ2v) is 8.82. The number of piperidine rings is 1. The molecule has 1 aromatic carbocycles. The van der Waals surface area contributed by atoms with Gasteiger partial charge in [0, 0.05) is 19.1 Å². The van der Waals surface area contributed by atoms with Crippen molar-refractivity contribution in [3.63, 3.8) is 0 Å². The van der Waals surface area contributed by atoms with E-state index in [4.69, 9.17) is 14.2 Å². The number of hydrogen-bond acceptors (Lipinski definition) is 7. The number of likely N-dealkylation sites (tertiary alicyclic amines) is 1. The van der Waals surface area contributed by atoms with Crippen molar-refractivity contribution in [2.24, 2.45) is 0 Å². The van der Waals surface area contributed by atoms with Crippen LogP contribution in [0.25, 0.3) is 0 Å². The van der Waals surface area contributed by atoms with E-state index in [1.54, 1.807) is 11.8 Å². The van der Waals surface area contributed by atoms with E-state index in [1.165, 1.54) is 25.1 Å². The van der Waals surface area contributed by atoms with Gasteiger partial charge in [0.1, 0.15) is 0 Å². The lowest BCUT2D eigenvalue weighted by molar-refractivity contribution is -0.134. The molecule has 2 N–H and O–H groups in total. The lowest BCUT2D eigenvalue weighted by atomic mass is 10.1. The normalized spacial score (nSPS) is 16.8. The van der Waals surface area contributed by atoms with Gasteiger partial charge in [0.2, 0.25) is 0 Å². The Balaban J connectivity index is 1.54. The molecule has 1 aliphatic heterocycles. The summed E-state index contributed by atoms with van der Waals surface area (Å²) >= 11 is 0. The molecule has 35 heavy (non-hydrogen) atoms. The Bertz CT molecular complexity index is 908. The summed E-state index contributed by atoms with van der Waals surface area (Å²) in [6.07, 6.45) is 5.82. The van der Waals surface area contributed by atoms with Crippen molar-refractivity contribution in [3.05, 3.63) is 23.8 Å². The van der Waals surface area contributed by atoms with Crippen LogP contribution in [0.2, 0.25) is 0 Å². The fourth-order valence-electron chi connectivity index (χ4n) is 4.18. The van der Waals surface area contributed by atoms with Gasteiger partial charge in [-0.1, -0.05) is 12.8 Å². The number of benzene rings is 1. The van der Waals surface area contributed by atoms with Crippen molar-refractivity contribution in [3.8, 4) is 11.5 Å². The Hall–Kier alpha value is -3.30. The highest BCUT2D eigenvalue weighted by atomic mass is 16.5. The summed E-state index contributed by atoms with van der Waals surface area (Å²) < 4.78 is 16.5. The van der Waals surface area contributed by atoms with Crippen LogP contribution in [0.15, 0.2) is 18.2 Å². The van der Waals surface area contributed by atoms with E-state index in [1.807, 2.05) is 0 Å². The van der Waals surface area contributed by atoms with Crippen LogP contribution in [0.4, 0.5) is 4.79 Å². The third kappa shape index (κ3) is 7.87. The number of amides is 4. The quantitative estimate of drug-likeness (QED) is 0.511. The number of carbonyl (C=O) groups excluding carboxylic acids is 4. The summed E-state index contributed by atoms with van der Waals surface area (Å²) in [4.78, 5) is 51.0. The van der Waals surface area contributed by atoms with Gasteiger partial charge in [-0.05, 0) is 64.2 Å². The molecule has 1 heterocycles. The molecule has 0 radical (unpaired) electrons. The largest absolute Gasteiger partial charge is 0.490 e. The molecule has 1 atom stereocenters. The van der Waals surface area contributed by atoms with Gasteiger partial charge in [-0.25, -0.2) is 9.59 Å². The first kappa shape index (κ1) is 26.3. The number of rotatable bonds is 9. The molecule has 0 spiro atoms. The summed E-state index contributed by atoms with van der Waals surface area (Å²) in [5, 5.41) is 4.96. The van der Waals surface area contributed by atoms with Crippen LogP contribution in [0.5, 0.6) is 11.5 Å². The predicted molar refractivity (Wildman–Crippen MR) is 127 cm³/mol. The Kier molecular flexibility index (Phi) is 9.75. The number of hydrogen-bond donors (Lipinski definition) is 2. The molecule has 2 fully saturated rings. The van der Waals surface area contributed by atoms with Crippen LogP contribution < -0.4 is 20.1 Å². The monoisotopic (exact) mass is 489 g/mol. The third-order valence-corrected chi connectivity index (χ3v) is 6.12. The second-order valence-electron chi connectivity index (χ2n) is 8.82. The van der Waals surface area contributed by atoms with Crippen LogP contribution >= 0.6 is 0 Å². The highest BCUT2D eigenvalue weighted by Gasteiger charge is 2.24. The summed E-state index contributed by atoms with van der Waals surface area (Å²) in [5.74, 6) is -0.923. The van der Waals surface area contributed by atoms with E-state index < -0.39 is 24.0 Å². The number of urea groups is 1. The van der Waals surface area contributed by atoms with Gasteiger partial charge in [0.25, 0.3) is 11.8 Å². The lowest BCUT2D eigenvalue weighted by Gasteiger charge is -2.26. The average molecular weight is 490 g/mol. The van der Waals surface area contributed by atoms with Crippen LogP contribution in [0.3, 0.4) is 0 Å². The lowest BCUT2D eigenvalue weighted by Crippen LogP contribution is -2.47. The van der Waals surface area contributed by atoms with Crippen LogP contribution in [-0.2, 0) is 14.3 Å². The van der Waals surface area contributed by atoms with Crippen molar-refractivity contribution < 1.29 is 33.4 Å². The molecule has 1 saturated carbocycles. The number of nitrogens with one attached hydrogen (secondary N) is 2. The van der Waals surface area contributed by atoms with Gasteiger partial charge in [0.05, 0.1) is 12.2 Å². The van der Waals surface area contributed by atoms with Crippen molar-refractivity contribution in [2.45, 2.75) is 70.9 Å². The number of ether oxygens (including phenoxy) is 3. The van der Waals surface area contributed by atoms with E-state index in [0.717, 1.165) is 58.0 Å². The minimum absolute atomic E-state index is 0.0634. The molecule has 1 aliphatic carbocycles. The number of carbonyl (C=O) groups is 4. The molecule has 192 valence electrons. The molecule has 1 aromatic rings. The standard InChI is InChI=1S/C25H35N3O7/c1-3-33-21-15-18(11-12-20(21)34-16-22(29)28-13-7-4-8-14-28)24(31)35-17(2)23(30)27-25(32)26-19-9-5-6-10-19/h11-12,15,17,19H,3-10,13-14,16H2,1-2H3,(H2,26,27,30,32). The summed E-state index contributed by atoms with van der Waals surface area (Å²) in [6.45, 7) is 4.85. The maximum absolute atomic E-state index is 12.6. The van der Waals surface area contributed by atoms with Crippen molar-refractivity contribution >= 4 is 23.8 Å². The molecule has 0 aromatic heterocycles. The van der Waals surface area contributed by atoms with Crippen LogP contribution in [-0.4, -0.2) is 67.2 Å². The van der Waals surface area contributed by atoms with E-state index in [-0.39, 0.29) is 24.1 Å². The summed E-state index contributed by atoms with van der Waals surface area (Å²) in [6, 6.07) is 3.93. The fourth-order valence-corrected chi connectivity index (χ4v) is 4.18. The molecular formula is C25H35N3O7. The summed E-state index contributed by atoms with van der Waals surface area (Å²) in [7, 11) is 0. The van der Waals surface area contributed by atoms with Crippen LogP contribution in [0.1, 0.15) is 69.2 Å². The van der Waals surface area contributed by atoms with Crippen molar-refractivity contribution in [1.29, 1.82) is 0 Å². The van der Waals surface area contributed by atoms with Gasteiger partial charge >= 0.3 is 12.0 Å². The smallest absolute Gasteiger partial charge is 0.339 e. The van der Waals surface area contributed by atoms with Crippen molar-refractivity contribution in [1.82, 2.24) is 15.5 Å². The Morgan fingerprint density at radius 1 is 1.00 bits per heavy atom. The van der Waals surface area contributed by atoms with E-state index >= 15 is 0 Å². The third-order valence-electron chi connectivity index (χ3n) is 6.12. The molecule has 1 unspecified atom stereocenters. The van der Waals surface area contributed by atoms with Gasteiger partial charge in [-0.3, -0.25) is 14.9 Å². The van der Waals surface area contributed by atoms with E-state index in [0.29, 0.717) is 18.1 Å². The van der Waals surface area contributed by atoms with Gasteiger partial charge in [-0.15, -0.1) is 0 Å². The predicted octanol–water partition coefficient (Wildman–Crippen LogP) is 2.79. The van der Waals surface area contributed by atoms with E-state index in [9.17, 15) is 19.2 Å². The molecule has 2 aliphatic rings. The molecule has 10 heteroatoms. The minimum Gasteiger partial charge on any atom is -0.490 e. The van der Waals surface area contributed by atoms with E-state index in [2.05, 4.69) is 10.6 Å². The zero-order valence-electron chi connectivity index (χ0n) is 20.5. The van der Waals surface area contributed by atoms with Gasteiger partial charge in [0.15, 0.2) is 24.2 Å². The van der Waals surface area contributed by atoms with Crippen LogP contribution in [0, 0.1) is 0 Å². The van der Waals surface area contributed by atoms with Crippen molar-refractivity contribution in [2.75, 3.05) is 26.3 Å². The Morgan fingerprint density at radius 3 is 2.40 bits per heavy atom. The number of imide groups is 1. The number of esters is 1. The van der Waals surface area contributed by atoms with Gasteiger partial charge in [-0.2, -0.15) is 0 Å². The van der Waals surface area contributed by atoms with Gasteiger partial charge < -0.3 is 24.4 Å². The summed E-state index contributed by atoms with van der Waals surface area (Å²) in [5.41, 5.74) is 0.151. The zero-order valence-corrected chi connectivity index (χ0v) is 20.5. The highest BCUT2D eigenvalue weighted by Crippen LogP contribution is 2.29. The average Bonchev–Trinajstić information content (AvgIpc) is 3.36. The molecular weight excluding hydrogens is 454 g/mol. The Morgan fingerprint density at radius 2 is 1.71 bits per heavy atom. The molecule has 10 nitrogen and oxygen atoms in total. The highest BCUT2D eigenvalue weighted by molar-refractivity contribution is 5.98. The fraction of sp³-hybridized carbons (Fsp3) is 0.600. The molecule has 1 saturated heterocycles. The minimum atomic E-state index is -1.18. The zero-order chi connectivity index (χ0) is 25.2. The first-order valence-electron chi connectivity index (χ1n) is 12.4. The maximum atomic E-state index is 12.6. The molecule has 3 rings (SSSR count). The first-order valence-corrected chi connectivity index (χ1v) is 12.4. The Labute approximate surface area is 205 Å². The second kappa shape index (κ2) is 13.0. The SMILES string of the molecule is CCOc1cc(C(=O)OC(C)C(=O)NC(=O)NC2CCCC2)ccc1OCC(=O)N1CCCCC1. The number of nitrogens with zero attached hydrogens (tertiary/aromatic N) is 1. The topological polar surface area (TPSA) is 123 Å². The molecule has 4 amide bonds. The molecule has 0 bridgehead atoms. The maximum Gasteiger partial charge on any atom is 0.339 e.